The second-order valence-corrected chi connectivity index (χ2v) is 7.47. The van der Waals surface area contributed by atoms with E-state index in [1.54, 1.807) is 30.5 Å². The van der Waals surface area contributed by atoms with Crippen molar-refractivity contribution >= 4 is 33.9 Å². The highest BCUT2D eigenvalue weighted by Crippen LogP contribution is 2.37. The average Bonchev–Trinajstić information content (AvgIpc) is 3.22. The first-order valence-electron chi connectivity index (χ1n) is 10.1. The molecule has 0 aliphatic rings. The number of thiophene rings is 1. The number of para-hydroxylation sites is 2. The fraction of sp³-hybridized carbons (Fsp3) is 0.217. The van der Waals surface area contributed by atoms with Gasteiger partial charge in [0.2, 0.25) is 0 Å². The number of nitro benzene ring substituents is 1. The Morgan fingerprint density at radius 1 is 1.03 bits per heavy atom. The molecule has 1 amide bonds. The number of hydrogen-bond acceptors (Lipinski definition) is 8. The monoisotopic (exact) mass is 470 g/mol. The Hall–Kier alpha value is -3.92. The third-order valence-corrected chi connectivity index (χ3v) is 5.32. The minimum absolute atomic E-state index is 0.0236. The van der Waals surface area contributed by atoms with Gasteiger partial charge in [-0.15, -0.1) is 11.3 Å². The van der Waals surface area contributed by atoms with Crippen LogP contribution >= 0.6 is 11.3 Å². The lowest BCUT2D eigenvalue weighted by atomic mass is 10.0. The Balaban J connectivity index is 1.80. The van der Waals surface area contributed by atoms with Crippen molar-refractivity contribution in [1.82, 2.24) is 0 Å². The maximum absolute atomic E-state index is 12.7. The second kappa shape index (κ2) is 11.1. The molecule has 1 heterocycles. The SMILES string of the molecule is CCOC(=O)c1c(-c2ccc(OCC)cc2)csc1NC(=O)COc1ccccc1[N+](=O)[O-]. The van der Waals surface area contributed by atoms with E-state index >= 15 is 0 Å². The number of nitrogens with zero attached hydrogens (tertiary/aromatic N) is 1. The van der Waals surface area contributed by atoms with Crippen molar-refractivity contribution in [2.45, 2.75) is 13.8 Å². The zero-order valence-corrected chi connectivity index (χ0v) is 18.8. The van der Waals surface area contributed by atoms with Crippen LogP contribution in [0.2, 0.25) is 0 Å². The molecule has 172 valence electrons. The van der Waals surface area contributed by atoms with E-state index < -0.39 is 23.4 Å². The molecule has 0 atom stereocenters. The fourth-order valence-electron chi connectivity index (χ4n) is 3.00. The molecule has 10 heteroatoms. The van der Waals surface area contributed by atoms with Crippen molar-refractivity contribution in [3.63, 3.8) is 0 Å². The highest BCUT2D eigenvalue weighted by molar-refractivity contribution is 7.15. The Kier molecular flexibility index (Phi) is 7.98. The minimum atomic E-state index is -0.589. The van der Waals surface area contributed by atoms with Crippen molar-refractivity contribution < 1.29 is 28.7 Å². The normalized spacial score (nSPS) is 10.4. The van der Waals surface area contributed by atoms with Crippen molar-refractivity contribution in [3.05, 3.63) is 69.6 Å². The van der Waals surface area contributed by atoms with Crippen LogP contribution in [0.25, 0.3) is 11.1 Å². The average molecular weight is 471 g/mol. The van der Waals surface area contributed by atoms with E-state index in [1.807, 2.05) is 19.1 Å². The van der Waals surface area contributed by atoms with Crippen molar-refractivity contribution in [3.8, 4) is 22.6 Å². The van der Waals surface area contributed by atoms with E-state index in [1.165, 1.54) is 29.5 Å². The topological polar surface area (TPSA) is 117 Å². The molecule has 33 heavy (non-hydrogen) atoms. The molecular weight excluding hydrogens is 448 g/mol. The van der Waals surface area contributed by atoms with Crippen molar-refractivity contribution in [1.29, 1.82) is 0 Å². The molecule has 0 aliphatic heterocycles. The predicted molar refractivity (Wildman–Crippen MR) is 124 cm³/mol. The van der Waals surface area contributed by atoms with Gasteiger partial charge in [-0.3, -0.25) is 14.9 Å². The molecule has 0 radical (unpaired) electrons. The molecule has 0 aliphatic carbocycles. The van der Waals surface area contributed by atoms with Gasteiger partial charge >= 0.3 is 11.7 Å². The number of ether oxygens (including phenoxy) is 3. The molecule has 3 rings (SSSR count). The molecule has 0 spiro atoms. The maximum atomic E-state index is 12.7. The van der Waals surface area contributed by atoms with E-state index in [0.29, 0.717) is 22.9 Å². The number of benzene rings is 2. The van der Waals surface area contributed by atoms with Crippen LogP contribution in [0.5, 0.6) is 11.5 Å². The maximum Gasteiger partial charge on any atom is 0.341 e. The molecule has 9 nitrogen and oxygen atoms in total. The van der Waals surface area contributed by atoms with Gasteiger partial charge in [-0.25, -0.2) is 4.79 Å². The smallest absolute Gasteiger partial charge is 0.341 e. The van der Waals surface area contributed by atoms with Gasteiger partial charge in [-0.05, 0) is 37.6 Å². The summed E-state index contributed by atoms with van der Waals surface area (Å²) in [6.45, 7) is 3.82. The number of hydrogen-bond donors (Lipinski definition) is 1. The molecule has 1 aromatic heterocycles. The zero-order chi connectivity index (χ0) is 23.8. The number of nitro groups is 1. The molecule has 3 aromatic rings. The quantitative estimate of drug-likeness (QED) is 0.254. The van der Waals surface area contributed by atoms with Gasteiger partial charge in [-0.2, -0.15) is 0 Å². The van der Waals surface area contributed by atoms with Crippen molar-refractivity contribution in [2.75, 3.05) is 25.1 Å². The first kappa shape index (κ1) is 23.7. The van der Waals surface area contributed by atoms with Gasteiger partial charge in [-0.1, -0.05) is 24.3 Å². The Labute approximate surface area is 194 Å². The highest BCUT2D eigenvalue weighted by Gasteiger charge is 2.23. The Morgan fingerprint density at radius 2 is 1.76 bits per heavy atom. The summed E-state index contributed by atoms with van der Waals surface area (Å²) in [4.78, 5) is 35.7. The Morgan fingerprint density at radius 3 is 2.42 bits per heavy atom. The summed E-state index contributed by atoms with van der Waals surface area (Å²) in [5.74, 6) is -0.462. The van der Waals surface area contributed by atoms with Crippen LogP contribution in [0, 0.1) is 10.1 Å². The summed E-state index contributed by atoms with van der Waals surface area (Å²) in [5, 5.41) is 15.8. The van der Waals surface area contributed by atoms with Crippen LogP contribution in [0.4, 0.5) is 10.7 Å². The third kappa shape index (κ3) is 5.86. The fourth-order valence-corrected chi connectivity index (χ4v) is 3.98. The van der Waals surface area contributed by atoms with Crippen LogP contribution in [0.1, 0.15) is 24.2 Å². The molecule has 0 bridgehead atoms. The Bertz CT molecular complexity index is 1140. The number of amides is 1. The molecule has 0 saturated heterocycles. The summed E-state index contributed by atoms with van der Waals surface area (Å²) >= 11 is 1.17. The third-order valence-electron chi connectivity index (χ3n) is 4.42. The number of nitrogens with one attached hydrogen (secondary N) is 1. The highest BCUT2D eigenvalue weighted by atomic mass is 32.1. The standard InChI is InChI=1S/C23H22N2O7S/c1-3-30-16-11-9-15(10-12-16)17-14-33-22(21(17)23(27)31-4-2)24-20(26)13-32-19-8-6-5-7-18(19)25(28)29/h5-12,14H,3-4,13H2,1-2H3,(H,24,26). The van der Waals surface area contributed by atoms with Gasteiger partial charge in [0.1, 0.15) is 16.3 Å². The molecule has 0 unspecified atom stereocenters. The predicted octanol–water partition coefficient (Wildman–Crippen LogP) is 4.92. The lowest BCUT2D eigenvalue weighted by molar-refractivity contribution is -0.385. The largest absolute Gasteiger partial charge is 0.494 e. The zero-order valence-electron chi connectivity index (χ0n) is 18.0. The first-order chi connectivity index (χ1) is 15.9. The summed E-state index contributed by atoms with van der Waals surface area (Å²) in [6.07, 6.45) is 0. The van der Waals surface area contributed by atoms with E-state index in [4.69, 9.17) is 14.2 Å². The summed E-state index contributed by atoms with van der Waals surface area (Å²) in [5.41, 5.74) is 1.35. The van der Waals surface area contributed by atoms with Gasteiger partial charge in [0.15, 0.2) is 12.4 Å². The summed E-state index contributed by atoms with van der Waals surface area (Å²) in [7, 11) is 0. The van der Waals surface area contributed by atoms with E-state index in [-0.39, 0.29) is 23.6 Å². The molecule has 2 aromatic carbocycles. The molecule has 0 saturated carbocycles. The lowest BCUT2D eigenvalue weighted by Crippen LogP contribution is -2.21. The van der Waals surface area contributed by atoms with E-state index in [9.17, 15) is 19.7 Å². The number of carbonyl (C=O) groups excluding carboxylic acids is 2. The molecular formula is C23H22N2O7S. The van der Waals surface area contributed by atoms with Crippen LogP contribution in [-0.4, -0.2) is 36.6 Å². The second-order valence-electron chi connectivity index (χ2n) is 6.59. The van der Waals surface area contributed by atoms with Gasteiger partial charge < -0.3 is 19.5 Å². The minimum Gasteiger partial charge on any atom is -0.494 e. The summed E-state index contributed by atoms with van der Waals surface area (Å²) in [6, 6.07) is 13.0. The van der Waals surface area contributed by atoms with Crippen LogP contribution in [0.3, 0.4) is 0 Å². The van der Waals surface area contributed by atoms with Crippen LogP contribution < -0.4 is 14.8 Å². The van der Waals surface area contributed by atoms with Crippen molar-refractivity contribution in [2.24, 2.45) is 0 Å². The van der Waals surface area contributed by atoms with Gasteiger partial charge in [0.05, 0.1) is 18.1 Å². The van der Waals surface area contributed by atoms with E-state index in [0.717, 1.165) is 5.56 Å². The van der Waals surface area contributed by atoms with Crippen LogP contribution in [-0.2, 0) is 9.53 Å². The van der Waals surface area contributed by atoms with Gasteiger partial charge in [0.25, 0.3) is 5.91 Å². The van der Waals surface area contributed by atoms with Gasteiger partial charge in [0, 0.05) is 17.0 Å². The van der Waals surface area contributed by atoms with Crippen LogP contribution in [0.15, 0.2) is 53.9 Å². The number of esters is 1. The molecule has 0 fully saturated rings. The number of carbonyl (C=O) groups is 2. The lowest BCUT2D eigenvalue weighted by Gasteiger charge is -2.10. The molecule has 1 N–H and O–H groups in total. The summed E-state index contributed by atoms with van der Waals surface area (Å²) < 4.78 is 16.0. The number of rotatable bonds is 10. The first-order valence-corrected chi connectivity index (χ1v) is 11.0. The van der Waals surface area contributed by atoms with E-state index in [2.05, 4.69) is 5.32 Å². The number of anilines is 1.